The Labute approximate surface area is 120 Å². The van der Waals surface area contributed by atoms with E-state index in [4.69, 9.17) is 15.2 Å². The highest BCUT2D eigenvalue weighted by molar-refractivity contribution is 5.77. The van der Waals surface area contributed by atoms with E-state index in [-0.39, 0.29) is 18.6 Å². The lowest BCUT2D eigenvalue weighted by Crippen LogP contribution is -2.34. The summed E-state index contributed by atoms with van der Waals surface area (Å²) >= 11 is 0. The Kier molecular flexibility index (Phi) is 6.31. The van der Waals surface area contributed by atoms with E-state index in [0.717, 1.165) is 5.56 Å². The smallest absolute Gasteiger partial charge is 0.260 e. The van der Waals surface area contributed by atoms with Crippen molar-refractivity contribution in [3.05, 3.63) is 23.8 Å². The van der Waals surface area contributed by atoms with Crippen LogP contribution in [0, 0.1) is 0 Å². The Balaban J connectivity index is 2.82. The molecule has 2 N–H and O–H groups in total. The zero-order valence-corrected chi connectivity index (χ0v) is 12.7. The number of rotatable bonds is 7. The van der Waals surface area contributed by atoms with E-state index in [1.807, 2.05) is 32.9 Å². The molecule has 0 saturated carbocycles. The molecule has 1 aromatic carbocycles. The monoisotopic (exact) mass is 280 g/mol. The first-order valence-corrected chi connectivity index (χ1v) is 6.87. The normalized spacial score (nSPS) is 11.8. The van der Waals surface area contributed by atoms with Gasteiger partial charge in [0.15, 0.2) is 6.61 Å². The summed E-state index contributed by atoms with van der Waals surface area (Å²) in [5.74, 6) is 1.24. The van der Waals surface area contributed by atoms with Crippen LogP contribution in [0.4, 0.5) is 0 Å². The zero-order valence-electron chi connectivity index (χ0n) is 12.7. The quantitative estimate of drug-likeness (QED) is 0.829. The number of nitrogens with zero attached hydrogens (tertiary/aromatic N) is 1. The number of likely N-dealkylation sites (N-methyl/N-ethyl adjacent to an activating group) is 1. The number of benzene rings is 1. The molecule has 0 bridgehead atoms. The summed E-state index contributed by atoms with van der Waals surface area (Å²) in [5.41, 5.74) is 6.77. The van der Waals surface area contributed by atoms with Crippen LogP contribution in [0.1, 0.15) is 32.4 Å². The number of nitrogens with two attached hydrogens (primary N) is 1. The molecule has 0 fully saturated rings. The second kappa shape index (κ2) is 7.75. The molecule has 1 atom stereocenters. The van der Waals surface area contributed by atoms with Gasteiger partial charge in [-0.3, -0.25) is 4.79 Å². The Morgan fingerprint density at radius 2 is 2.00 bits per heavy atom. The molecule has 0 aliphatic heterocycles. The standard InChI is InChI=1S/C15H24N2O3/c1-5-17(6-2)15(18)10-20-14-9-12(19-4)7-8-13(14)11(3)16/h7-9,11H,5-6,10,16H2,1-4H3/t11-/m0/s1. The van der Waals surface area contributed by atoms with Gasteiger partial charge in [-0.1, -0.05) is 6.07 Å². The maximum Gasteiger partial charge on any atom is 0.260 e. The highest BCUT2D eigenvalue weighted by Crippen LogP contribution is 2.28. The maximum atomic E-state index is 12.0. The fraction of sp³-hybridized carbons (Fsp3) is 0.533. The predicted octanol–water partition coefficient (Wildman–Crippen LogP) is 1.96. The zero-order chi connectivity index (χ0) is 15.1. The van der Waals surface area contributed by atoms with Gasteiger partial charge in [0.25, 0.3) is 5.91 Å². The van der Waals surface area contributed by atoms with Gasteiger partial charge in [0.2, 0.25) is 0 Å². The van der Waals surface area contributed by atoms with E-state index in [1.54, 1.807) is 18.1 Å². The van der Waals surface area contributed by atoms with Gasteiger partial charge in [0.05, 0.1) is 7.11 Å². The fourth-order valence-corrected chi connectivity index (χ4v) is 1.95. The molecule has 0 aliphatic carbocycles. The molecule has 0 aromatic heterocycles. The molecule has 1 amide bonds. The first-order valence-electron chi connectivity index (χ1n) is 6.87. The molecule has 0 radical (unpaired) electrons. The number of ether oxygens (including phenoxy) is 2. The molecular weight excluding hydrogens is 256 g/mol. The number of hydrogen-bond donors (Lipinski definition) is 1. The molecule has 112 valence electrons. The summed E-state index contributed by atoms with van der Waals surface area (Å²) in [6, 6.07) is 5.28. The lowest BCUT2D eigenvalue weighted by atomic mass is 10.1. The van der Waals surface area contributed by atoms with Gasteiger partial charge >= 0.3 is 0 Å². The van der Waals surface area contributed by atoms with E-state index in [9.17, 15) is 4.79 Å². The van der Waals surface area contributed by atoms with Crippen molar-refractivity contribution in [1.82, 2.24) is 4.90 Å². The molecule has 0 spiro atoms. The molecule has 0 aliphatic rings. The van der Waals surface area contributed by atoms with Crippen molar-refractivity contribution in [2.24, 2.45) is 5.73 Å². The SMILES string of the molecule is CCN(CC)C(=O)COc1cc(OC)ccc1[C@H](C)N. The number of carbonyl (C=O) groups excluding carboxylic acids is 1. The van der Waals surface area contributed by atoms with Crippen LogP contribution in [-0.4, -0.2) is 37.6 Å². The van der Waals surface area contributed by atoms with E-state index in [1.165, 1.54) is 0 Å². The lowest BCUT2D eigenvalue weighted by Gasteiger charge is -2.20. The van der Waals surface area contributed by atoms with Crippen LogP contribution in [0.3, 0.4) is 0 Å². The Bertz CT molecular complexity index is 443. The number of hydrogen-bond acceptors (Lipinski definition) is 4. The lowest BCUT2D eigenvalue weighted by molar-refractivity contribution is -0.132. The minimum absolute atomic E-state index is 0.00850. The summed E-state index contributed by atoms with van der Waals surface area (Å²) in [6.07, 6.45) is 0. The summed E-state index contributed by atoms with van der Waals surface area (Å²) < 4.78 is 10.8. The molecule has 0 unspecified atom stereocenters. The van der Waals surface area contributed by atoms with Gasteiger partial charge in [0.1, 0.15) is 11.5 Å². The molecular formula is C15H24N2O3. The van der Waals surface area contributed by atoms with Gasteiger partial charge in [-0.15, -0.1) is 0 Å². The fourth-order valence-electron chi connectivity index (χ4n) is 1.95. The first-order chi connectivity index (χ1) is 9.53. The van der Waals surface area contributed by atoms with Crippen LogP contribution < -0.4 is 15.2 Å². The molecule has 1 rings (SSSR count). The third-order valence-corrected chi connectivity index (χ3v) is 3.18. The van der Waals surface area contributed by atoms with E-state index in [2.05, 4.69) is 0 Å². The van der Waals surface area contributed by atoms with E-state index in [0.29, 0.717) is 24.6 Å². The molecule has 20 heavy (non-hydrogen) atoms. The average molecular weight is 280 g/mol. The van der Waals surface area contributed by atoms with Crippen molar-refractivity contribution < 1.29 is 14.3 Å². The van der Waals surface area contributed by atoms with Crippen LogP contribution in [-0.2, 0) is 4.79 Å². The van der Waals surface area contributed by atoms with Crippen molar-refractivity contribution in [1.29, 1.82) is 0 Å². The second-order valence-electron chi connectivity index (χ2n) is 4.55. The van der Waals surface area contributed by atoms with E-state index >= 15 is 0 Å². The second-order valence-corrected chi connectivity index (χ2v) is 4.55. The topological polar surface area (TPSA) is 64.8 Å². The van der Waals surface area contributed by atoms with Crippen LogP contribution in [0.5, 0.6) is 11.5 Å². The van der Waals surface area contributed by atoms with Crippen molar-refractivity contribution in [2.45, 2.75) is 26.8 Å². The Morgan fingerprint density at radius 1 is 1.35 bits per heavy atom. The van der Waals surface area contributed by atoms with Crippen LogP contribution in [0.2, 0.25) is 0 Å². The summed E-state index contributed by atoms with van der Waals surface area (Å²) in [5, 5.41) is 0. The van der Waals surface area contributed by atoms with Crippen molar-refractivity contribution in [3.63, 3.8) is 0 Å². The van der Waals surface area contributed by atoms with Gasteiger partial charge in [-0.25, -0.2) is 0 Å². The molecule has 0 saturated heterocycles. The van der Waals surface area contributed by atoms with Crippen LogP contribution in [0.25, 0.3) is 0 Å². The Hall–Kier alpha value is -1.75. The van der Waals surface area contributed by atoms with Crippen LogP contribution >= 0.6 is 0 Å². The maximum absolute atomic E-state index is 12.0. The highest BCUT2D eigenvalue weighted by atomic mass is 16.5. The van der Waals surface area contributed by atoms with Crippen molar-refractivity contribution in [3.8, 4) is 11.5 Å². The van der Waals surface area contributed by atoms with Crippen molar-refractivity contribution >= 4 is 5.91 Å². The average Bonchev–Trinajstić information content (AvgIpc) is 2.45. The largest absolute Gasteiger partial charge is 0.497 e. The summed E-state index contributed by atoms with van der Waals surface area (Å²) in [7, 11) is 1.59. The molecule has 0 heterocycles. The van der Waals surface area contributed by atoms with Gasteiger partial charge in [-0.05, 0) is 26.8 Å². The van der Waals surface area contributed by atoms with Gasteiger partial charge in [-0.2, -0.15) is 0 Å². The minimum atomic E-state index is -0.167. The summed E-state index contributed by atoms with van der Waals surface area (Å²) in [6.45, 7) is 7.13. The minimum Gasteiger partial charge on any atom is -0.497 e. The molecule has 5 heteroatoms. The predicted molar refractivity (Wildman–Crippen MR) is 79.0 cm³/mol. The number of methoxy groups -OCH3 is 1. The van der Waals surface area contributed by atoms with Crippen LogP contribution in [0.15, 0.2) is 18.2 Å². The Morgan fingerprint density at radius 3 is 2.50 bits per heavy atom. The van der Waals surface area contributed by atoms with Gasteiger partial charge < -0.3 is 20.1 Å². The number of amides is 1. The third-order valence-electron chi connectivity index (χ3n) is 3.18. The van der Waals surface area contributed by atoms with Gasteiger partial charge in [0, 0.05) is 30.8 Å². The third kappa shape index (κ3) is 4.13. The molecule has 1 aromatic rings. The molecule has 5 nitrogen and oxygen atoms in total. The van der Waals surface area contributed by atoms with E-state index < -0.39 is 0 Å². The summed E-state index contributed by atoms with van der Waals surface area (Å²) in [4.78, 5) is 13.7. The van der Waals surface area contributed by atoms with Crippen molar-refractivity contribution in [2.75, 3.05) is 26.8 Å². The first kappa shape index (κ1) is 16.3. The highest BCUT2D eigenvalue weighted by Gasteiger charge is 2.14. The number of carbonyl (C=O) groups is 1.